The van der Waals surface area contributed by atoms with Crippen molar-refractivity contribution in [2.75, 3.05) is 5.33 Å². The molecule has 32 valence electrons. The Morgan fingerprint density at radius 1 is 1.83 bits per heavy atom. The molecule has 0 unspecified atom stereocenters. The Morgan fingerprint density at radius 3 is 2.33 bits per heavy atom. The number of carbonyl (C=O) groups is 1. The fourth-order valence-corrected chi connectivity index (χ4v) is 0.484. The van der Waals surface area contributed by atoms with Crippen LogP contribution in [-0.2, 0) is 4.79 Å². The Bertz CT molecular complexity index is 54.8. The summed E-state index contributed by atoms with van der Waals surface area (Å²) in [5.41, 5.74) is -0.258. The highest BCUT2D eigenvalue weighted by atomic mass is 79.9. The summed E-state index contributed by atoms with van der Waals surface area (Å²) in [6.45, 7) is 0. The van der Waals surface area contributed by atoms with Crippen molar-refractivity contribution in [3.8, 4) is 0 Å². The van der Waals surface area contributed by atoms with Crippen LogP contribution in [0.4, 0.5) is 0 Å². The molecule has 0 saturated heterocycles. The molecule has 0 bridgehead atoms. The molecule has 0 saturated carbocycles. The van der Waals surface area contributed by atoms with Gasteiger partial charge in [0.25, 0.3) is 0 Å². The summed E-state index contributed by atoms with van der Waals surface area (Å²) in [5, 5.41) is 0.669. The SMILES string of the molecule is [B]C(=O)CCBr. The molecule has 0 aromatic carbocycles. The minimum atomic E-state index is -0.258. The average molecular weight is 147 g/mol. The second-order valence-corrected chi connectivity index (χ2v) is 1.70. The van der Waals surface area contributed by atoms with Crippen LogP contribution in [0.15, 0.2) is 0 Å². The summed E-state index contributed by atoms with van der Waals surface area (Å²) in [6, 6.07) is 0. The van der Waals surface area contributed by atoms with E-state index in [9.17, 15) is 4.79 Å². The van der Waals surface area contributed by atoms with Gasteiger partial charge in [-0.3, -0.25) is 0 Å². The van der Waals surface area contributed by atoms with E-state index in [1.54, 1.807) is 0 Å². The molecule has 6 heavy (non-hydrogen) atoms. The molecule has 0 aromatic heterocycles. The number of carbonyl (C=O) groups excluding carboxylic acids is 1. The van der Waals surface area contributed by atoms with E-state index in [1.165, 1.54) is 0 Å². The lowest BCUT2D eigenvalue weighted by molar-refractivity contribution is -0.111. The van der Waals surface area contributed by atoms with Crippen LogP contribution < -0.4 is 0 Å². The van der Waals surface area contributed by atoms with Gasteiger partial charge in [-0.05, 0) is 0 Å². The molecular formula is C3H4BBrO. The first-order valence-electron chi connectivity index (χ1n) is 1.61. The van der Waals surface area contributed by atoms with Gasteiger partial charge < -0.3 is 4.79 Å². The van der Waals surface area contributed by atoms with E-state index in [1.807, 2.05) is 0 Å². The maximum atomic E-state index is 9.79. The molecule has 1 nitrogen and oxygen atoms in total. The van der Waals surface area contributed by atoms with Gasteiger partial charge in [-0.2, -0.15) is 0 Å². The normalized spacial score (nSPS) is 8.17. The van der Waals surface area contributed by atoms with Crippen LogP contribution in [0.25, 0.3) is 0 Å². The Labute approximate surface area is 46.6 Å². The highest BCUT2D eigenvalue weighted by molar-refractivity contribution is 9.09. The molecule has 0 fully saturated rings. The molecule has 0 aromatic rings. The van der Waals surface area contributed by atoms with Crippen molar-refractivity contribution in [1.29, 1.82) is 0 Å². The van der Waals surface area contributed by atoms with Crippen LogP contribution in [0, 0.1) is 0 Å². The van der Waals surface area contributed by atoms with E-state index in [0.29, 0.717) is 11.8 Å². The molecule has 0 spiro atoms. The standard InChI is InChI=1S/C3H4BBrO/c4-3(6)1-2-5/h1-2H2. The molecule has 0 aliphatic rings. The summed E-state index contributed by atoms with van der Waals surface area (Å²) in [6.07, 6.45) is 0.431. The van der Waals surface area contributed by atoms with Gasteiger partial charge in [0.15, 0.2) is 7.85 Å². The Morgan fingerprint density at radius 2 is 2.33 bits per heavy atom. The quantitative estimate of drug-likeness (QED) is 0.409. The summed E-state index contributed by atoms with van der Waals surface area (Å²) in [7, 11) is 4.73. The van der Waals surface area contributed by atoms with Gasteiger partial charge in [0.05, 0.1) is 5.68 Å². The molecule has 0 rings (SSSR count). The summed E-state index contributed by atoms with van der Waals surface area (Å²) >= 11 is 3.05. The maximum Gasteiger partial charge on any atom is 0.167 e. The smallest absolute Gasteiger partial charge is 0.167 e. The van der Waals surface area contributed by atoms with Crippen LogP contribution >= 0.6 is 15.9 Å². The zero-order valence-corrected chi connectivity index (χ0v) is 4.86. The van der Waals surface area contributed by atoms with Crippen LogP contribution in [0.5, 0.6) is 0 Å². The molecule has 2 radical (unpaired) electrons. The van der Waals surface area contributed by atoms with E-state index < -0.39 is 0 Å². The zero-order chi connectivity index (χ0) is 4.99. The molecule has 3 heteroatoms. The first-order valence-corrected chi connectivity index (χ1v) is 2.74. The lowest BCUT2D eigenvalue weighted by Gasteiger charge is -1.79. The predicted molar refractivity (Wildman–Crippen MR) is 29.2 cm³/mol. The van der Waals surface area contributed by atoms with Crippen molar-refractivity contribution in [3.63, 3.8) is 0 Å². The summed E-state index contributed by atoms with van der Waals surface area (Å²) < 4.78 is 0. The van der Waals surface area contributed by atoms with Crippen LogP contribution in [-0.4, -0.2) is 18.9 Å². The van der Waals surface area contributed by atoms with Gasteiger partial charge in [0.2, 0.25) is 0 Å². The van der Waals surface area contributed by atoms with Gasteiger partial charge in [-0.15, -0.1) is 0 Å². The predicted octanol–water partition coefficient (Wildman–Crippen LogP) is 0.466. The second kappa shape index (κ2) is 3.41. The van der Waals surface area contributed by atoms with Gasteiger partial charge >= 0.3 is 0 Å². The van der Waals surface area contributed by atoms with Gasteiger partial charge in [0, 0.05) is 11.8 Å². The van der Waals surface area contributed by atoms with Crippen molar-refractivity contribution in [1.82, 2.24) is 0 Å². The van der Waals surface area contributed by atoms with Gasteiger partial charge in [-0.25, -0.2) is 0 Å². The number of halogens is 1. The molecule has 0 atom stereocenters. The molecule has 0 amide bonds. The monoisotopic (exact) mass is 146 g/mol. The Kier molecular flexibility index (Phi) is 3.53. The Hall–Kier alpha value is 0.215. The molecule has 0 aliphatic carbocycles. The Balaban J connectivity index is 2.83. The fraction of sp³-hybridized carbons (Fsp3) is 0.667. The van der Waals surface area contributed by atoms with E-state index in [0.717, 1.165) is 0 Å². The first-order chi connectivity index (χ1) is 2.77. The van der Waals surface area contributed by atoms with E-state index in [-0.39, 0.29) is 5.68 Å². The van der Waals surface area contributed by atoms with Crippen LogP contribution in [0.3, 0.4) is 0 Å². The summed E-state index contributed by atoms with van der Waals surface area (Å²) in [4.78, 5) is 9.79. The second-order valence-electron chi connectivity index (χ2n) is 0.905. The van der Waals surface area contributed by atoms with Crippen molar-refractivity contribution in [2.24, 2.45) is 0 Å². The van der Waals surface area contributed by atoms with Crippen molar-refractivity contribution < 1.29 is 4.79 Å². The largest absolute Gasteiger partial charge is 0.313 e. The number of hydrogen-bond donors (Lipinski definition) is 0. The topological polar surface area (TPSA) is 17.1 Å². The number of rotatable bonds is 2. The van der Waals surface area contributed by atoms with Gasteiger partial charge in [0.1, 0.15) is 0 Å². The van der Waals surface area contributed by atoms with E-state index >= 15 is 0 Å². The molecular weight excluding hydrogens is 143 g/mol. The van der Waals surface area contributed by atoms with Crippen LogP contribution in [0.1, 0.15) is 6.42 Å². The van der Waals surface area contributed by atoms with Crippen molar-refractivity contribution >= 4 is 29.5 Å². The fourth-order valence-electron chi connectivity index (χ4n) is 0.0931. The first kappa shape index (κ1) is 6.21. The molecule has 0 aliphatic heterocycles. The third-order valence-corrected chi connectivity index (χ3v) is 0.737. The molecule has 0 N–H and O–H groups in total. The van der Waals surface area contributed by atoms with Crippen molar-refractivity contribution in [2.45, 2.75) is 6.42 Å². The van der Waals surface area contributed by atoms with E-state index in [4.69, 9.17) is 7.85 Å². The minimum absolute atomic E-state index is 0.258. The average Bonchev–Trinajstić information content (AvgIpc) is 1.35. The van der Waals surface area contributed by atoms with Crippen LogP contribution in [0.2, 0.25) is 0 Å². The minimum Gasteiger partial charge on any atom is -0.313 e. The highest BCUT2D eigenvalue weighted by Crippen LogP contribution is 1.83. The lowest BCUT2D eigenvalue weighted by atomic mass is 10.0. The van der Waals surface area contributed by atoms with Gasteiger partial charge in [-0.1, -0.05) is 15.9 Å². The number of alkyl halides is 1. The number of hydrogen-bond acceptors (Lipinski definition) is 1. The van der Waals surface area contributed by atoms with Crippen molar-refractivity contribution in [3.05, 3.63) is 0 Å². The van der Waals surface area contributed by atoms with E-state index in [2.05, 4.69) is 15.9 Å². The third-order valence-electron chi connectivity index (χ3n) is 0.341. The zero-order valence-electron chi connectivity index (χ0n) is 3.28. The maximum absolute atomic E-state index is 9.79. The highest BCUT2D eigenvalue weighted by Gasteiger charge is 1.84. The summed E-state index contributed by atoms with van der Waals surface area (Å²) in [5.74, 6) is 0. The lowest BCUT2D eigenvalue weighted by Crippen LogP contribution is -1.94. The third kappa shape index (κ3) is 4.21. The molecule has 0 heterocycles.